The summed E-state index contributed by atoms with van der Waals surface area (Å²) in [5, 5.41) is 25.1. The maximum Gasteiger partial charge on any atom is 0.261 e. The van der Waals surface area contributed by atoms with Gasteiger partial charge in [0.15, 0.2) is 0 Å². The van der Waals surface area contributed by atoms with Crippen molar-refractivity contribution in [2.24, 2.45) is 0 Å². The molecule has 5 aromatic rings. The second-order valence-electron chi connectivity index (χ2n) is 10.9. The lowest BCUT2D eigenvalue weighted by atomic mass is 9.99. The molecule has 0 radical (unpaired) electrons. The minimum Gasteiger partial charge on any atom is -0.426 e. The van der Waals surface area contributed by atoms with E-state index in [1.54, 1.807) is 42.5 Å². The maximum atomic E-state index is 12.7. The van der Waals surface area contributed by atoms with Gasteiger partial charge in [-0.3, -0.25) is 4.72 Å². The topological polar surface area (TPSA) is 147 Å². The molecule has 2 aromatic heterocycles. The number of nitrogens with zero attached hydrogens (tertiary/aromatic N) is 4. The van der Waals surface area contributed by atoms with Crippen molar-refractivity contribution < 1.29 is 17.9 Å². The predicted octanol–water partition coefficient (Wildman–Crippen LogP) is 4.47. The highest BCUT2D eigenvalue weighted by molar-refractivity contribution is 7.92. The zero-order valence-electron chi connectivity index (χ0n) is 24.1. The van der Waals surface area contributed by atoms with Gasteiger partial charge in [0.2, 0.25) is 12.3 Å². The summed E-state index contributed by atoms with van der Waals surface area (Å²) in [6.45, 7) is 9.68. The van der Waals surface area contributed by atoms with Gasteiger partial charge in [-0.1, -0.05) is 43.0 Å². The Hall–Kier alpha value is -4.52. The van der Waals surface area contributed by atoms with E-state index in [1.165, 1.54) is 18.5 Å². The molecule has 4 N–H and O–H groups in total. The summed E-state index contributed by atoms with van der Waals surface area (Å²) >= 11 is 0. The van der Waals surface area contributed by atoms with Crippen LogP contribution in [0.3, 0.4) is 0 Å². The number of anilines is 1. The smallest absolute Gasteiger partial charge is 0.261 e. The van der Waals surface area contributed by atoms with Gasteiger partial charge in [0.1, 0.15) is 0 Å². The molecule has 0 aliphatic rings. The Morgan fingerprint density at radius 3 is 2.67 bits per heavy atom. The summed E-state index contributed by atoms with van der Waals surface area (Å²) in [5.41, 5.74) is 4.24. The van der Waals surface area contributed by atoms with Crippen LogP contribution in [0.2, 0.25) is 0 Å². The molecule has 0 aliphatic carbocycles. The van der Waals surface area contributed by atoms with E-state index in [-0.39, 0.29) is 10.4 Å². The average molecular weight is 602 g/mol. The highest BCUT2D eigenvalue weighted by Gasteiger charge is 2.21. The third-order valence-electron chi connectivity index (χ3n) is 7.16. The van der Waals surface area contributed by atoms with E-state index in [1.807, 2.05) is 24.5 Å². The van der Waals surface area contributed by atoms with Gasteiger partial charge >= 0.3 is 0 Å². The molecule has 0 spiro atoms. The van der Waals surface area contributed by atoms with Crippen molar-refractivity contribution in [3.8, 4) is 0 Å². The van der Waals surface area contributed by atoms with Crippen LogP contribution in [0.4, 0.5) is 5.69 Å². The Bertz CT molecular complexity index is 1790. The zero-order chi connectivity index (χ0) is 30.5. The Morgan fingerprint density at radius 1 is 1.09 bits per heavy atom. The molecule has 0 saturated carbocycles. The number of aliphatic hydroxyl groups excluding tert-OH is 1. The maximum absolute atomic E-state index is 12.7. The van der Waals surface area contributed by atoms with E-state index in [0.29, 0.717) is 30.2 Å². The SMILES string of the molecule is C=C(NCc1nnco1)c1ccc2c(c1)ncn2CCC(C)(C)NC[C@H](O)c1cccc(NS(=O)(=O)c2ccccc2)c1. The first-order valence-electron chi connectivity index (χ1n) is 13.8. The molecule has 0 bridgehead atoms. The number of hydrogen-bond donors (Lipinski definition) is 4. The molecule has 224 valence electrons. The lowest BCUT2D eigenvalue weighted by Gasteiger charge is -2.28. The summed E-state index contributed by atoms with van der Waals surface area (Å²) in [4.78, 5) is 4.76. The summed E-state index contributed by atoms with van der Waals surface area (Å²) in [5.74, 6) is 0.482. The Balaban J connectivity index is 1.15. The van der Waals surface area contributed by atoms with Crippen molar-refractivity contribution >= 4 is 32.4 Å². The molecule has 0 aliphatic heterocycles. The number of sulfonamides is 1. The number of rotatable bonds is 14. The number of aryl methyl sites for hydroxylation is 1. The van der Waals surface area contributed by atoms with Gasteiger partial charge < -0.3 is 24.7 Å². The van der Waals surface area contributed by atoms with E-state index in [9.17, 15) is 13.5 Å². The summed E-state index contributed by atoms with van der Waals surface area (Å²) in [7, 11) is -3.72. The predicted molar refractivity (Wildman–Crippen MR) is 165 cm³/mol. The minimum atomic E-state index is -3.72. The van der Waals surface area contributed by atoms with Crippen LogP contribution >= 0.6 is 0 Å². The van der Waals surface area contributed by atoms with Crippen molar-refractivity contribution in [2.45, 2.75) is 49.9 Å². The molecule has 0 unspecified atom stereocenters. The van der Waals surface area contributed by atoms with Crippen molar-refractivity contribution in [3.63, 3.8) is 0 Å². The molecule has 0 saturated heterocycles. The van der Waals surface area contributed by atoms with E-state index in [2.05, 4.69) is 55.5 Å². The Kier molecular flexibility index (Phi) is 8.90. The molecule has 11 nitrogen and oxygen atoms in total. The monoisotopic (exact) mass is 601 g/mol. The van der Waals surface area contributed by atoms with Crippen molar-refractivity contribution in [1.29, 1.82) is 0 Å². The summed E-state index contributed by atoms with van der Waals surface area (Å²) < 4.78 is 35.2. The second kappa shape index (κ2) is 12.8. The van der Waals surface area contributed by atoms with Crippen LogP contribution < -0.4 is 15.4 Å². The largest absolute Gasteiger partial charge is 0.426 e. The normalized spacial score (nSPS) is 12.7. The zero-order valence-corrected chi connectivity index (χ0v) is 24.9. The number of imidazole rings is 1. The fourth-order valence-corrected chi connectivity index (χ4v) is 5.66. The highest BCUT2D eigenvalue weighted by Crippen LogP contribution is 2.23. The average Bonchev–Trinajstić information content (AvgIpc) is 3.68. The van der Waals surface area contributed by atoms with Crippen LogP contribution in [-0.2, 0) is 23.1 Å². The van der Waals surface area contributed by atoms with Gasteiger partial charge in [0, 0.05) is 30.0 Å². The van der Waals surface area contributed by atoms with Crippen LogP contribution in [-0.4, -0.2) is 45.4 Å². The number of nitrogens with one attached hydrogen (secondary N) is 3. The fourth-order valence-electron chi connectivity index (χ4n) is 4.59. The van der Waals surface area contributed by atoms with Crippen LogP contribution in [0.1, 0.15) is 43.4 Å². The van der Waals surface area contributed by atoms with Crippen LogP contribution in [0.15, 0.2) is 101 Å². The second-order valence-corrected chi connectivity index (χ2v) is 12.6. The molecule has 2 heterocycles. The van der Waals surface area contributed by atoms with E-state index in [0.717, 1.165) is 35.3 Å². The van der Waals surface area contributed by atoms with Crippen LogP contribution in [0.25, 0.3) is 16.7 Å². The van der Waals surface area contributed by atoms with Gasteiger partial charge in [-0.2, -0.15) is 0 Å². The van der Waals surface area contributed by atoms with Crippen molar-refractivity contribution in [2.75, 3.05) is 11.3 Å². The van der Waals surface area contributed by atoms with Gasteiger partial charge in [0.25, 0.3) is 10.0 Å². The molecular formula is C31H35N7O4S. The van der Waals surface area contributed by atoms with Crippen LogP contribution in [0.5, 0.6) is 0 Å². The number of hydrogen-bond acceptors (Lipinski definition) is 9. The molecule has 5 rings (SSSR count). The van der Waals surface area contributed by atoms with Crippen molar-refractivity contribution in [3.05, 3.63) is 109 Å². The summed E-state index contributed by atoms with van der Waals surface area (Å²) in [6.07, 6.45) is 3.07. The third kappa shape index (κ3) is 7.66. The molecule has 12 heteroatoms. The Morgan fingerprint density at radius 2 is 1.91 bits per heavy atom. The van der Waals surface area contributed by atoms with Gasteiger partial charge in [0.05, 0.1) is 34.9 Å². The third-order valence-corrected chi connectivity index (χ3v) is 8.55. The van der Waals surface area contributed by atoms with Gasteiger partial charge in [-0.15, -0.1) is 10.2 Å². The van der Waals surface area contributed by atoms with E-state index < -0.39 is 16.1 Å². The molecule has 0 fully saturated rings. The molecule has 3 aromatic carbocycles. The highest BCUT2D eigenvalue weighted by atomic mass is 32.2. The summed E-state index contributed by atoms with van der Waals surface area (Å²) in [6, 6.07) is 21.0. The molecule has 43 heavy (non-hydrogen) atoms. The lowest BCUT2D eigenvalue weighted by molar-refractivity contribution is 0.158. The van der Waals surface area contributed by atoms with Gasteiger partial charge in [-0.25, -0.2) is 13.4 Å². The van der Waals surface area contributed by atoms with E-state index in [4.69, 9.17) is 4.42 Å². The molecule has 0 amide bonds. The van der Waals surface area contributed by atoms with Gasteiger partial charge in [-0.05, 0) is 67.8 Å². The van der Waals surface area contributed by atoms with Crippen molar-refractivity contribution in [1.82, 2.24) is 30.4 Å². The number of β-amino-alcohol motifs (C(OH)–C–C–N with tert-alkyl or cyclic N) is 1. The number of aromatic nitrogens is 4. The molecule has 1 atom stereocenters. The lowest BCUT2D eigenvalue weighted by Crippen LogP contribution is -2.42. The van der Waals surface area contributed by atoms with Crippen LogP contribution in [0, 0.1) is 0 Å². The standard InChI is InChI=1S/C31H35N7O4S/c1-22(32-19-30-36-35-21-42-30)23-12-13-28-27(17-23)33-20-38(28)15-14-31(2,3)34-18-29(39)24-8-7-9-25(16-24)37-43(40,41)26-10-5-4-6-11-26/h4-13,16-17,20-21,29,32,34,37,39H,1,14-15,18-19H2,2-3H3/t29-/m0/s1. The number of aliphatic hydroxyl groups is 1. The number of fused-ring (bicyclic) bond motifs is 1. The molecular weight excluding hydrogens is 566 g/mol. The minimum absolute atomic E-state index is 0.176. The first kappa shape index (κ1) is 30.0. The fraction of sp³-hybridized carbons (Fsp3) is 0.258. The number of benzene rings is 3. The first-order chi connectivity index (χ1) is 20.6. The quantitative estimate of drug-likeness (QED) is 0.145. The van der Waals surface area contributed by atoms with E-state index >= 15 is 0 Å². The Labute approximate surface area is 250 Å². The first-order valence-corrected chi connectivity index (χ1v) is 15.3.